The van der Waals surface area contributed by atoms with Gasteiger partial charge in [-0.05, 0) is 12.1 Å². The lowest BCUT2D eigenvalue weighted by molar-refractivity contribution is -0.275. The van der Waals surface area contributed by atoms with Gasteiger partial charge < -0.3 is 9.47 Å². The highest BCUT2D eigenvalue weighted by Crippen LogP contribution is 2.31. The standard InChI is InChI=1S/C15H20F3N3O6S2/c16-15(17,18)27-13-3-1-2-4-14(13)28(22,23)19-5-7-20(8-6-19)29(24,25)21-9-11-26-12-10-21/h1-4H,5-12H2. The van der Waals surface area contributed by atoms with Crippen LogP contribution < -0.4 is 4.74 Å². The third kappa shape index (κ3) is 5.00. The van der Waals surface area contributed by atoms with Crippen LogP contribution in [0.4, 0.5) is 13.2 Å². The number of nitrogens with zero attached hydrogens (tertiary/aromatic N) is 3. The van der Waals surface area contributed by atoms with Gasteiger partial charge in [0.05, 0.1) is 13.2 Å². The molecule has 164 valence electrons. The van der Waals surface area contributed by atoms with Gasteiger partial charge in [-0.25, -0.2) is 8.42 Å². The summed E-state index contributed by atoms with van der Waals surface area (Å²) >= 11 is 0. The van der Waals surface area contributed by atoms with Crippen LogP contribution in [0.3, 0.4) is 0 Å². The molecule has 0 unspecified atom stereocenters. The van der Waals surface area contributed by atoms with Crippen molar-refractivity contribution in [2.24, 2.45) is 0 Å². The van der Waals surface area contributed by atoms with Crippen LogP contribution in [0.5, 0.6) is 5.75 Å². The third-order valence-electron chi connectivity index (χ3n) is 4.51. The molecule has 0 amide bonds. The maximum atomic E-state index is 12.8. The zero-order valence-electron chi connectivity index (χ0n) is 15.2. The van der Waals surface area contributed by atoms with E-state index >= 15 is 0 Å². The van der Waals surface area contributed by atoms with Crippen LogP contribution in [0.25, 0.3) is 0 Å². The van der Waals surface area contributed by atoms with Crippen LogP contribution in [-0.2, 0) is 25.0 Å². The predicted molar refractivity (Wildman–Crippen MR) is 94.8 cm³/mol. The van der Waals surface area contributed by atoms with Crippen molar-refractivity contribution in [1.82, 2.24) is 12.9 Å². The van der Waals surface area contributed by atoms with Gasteiger partial charge >= 0.3 is 6.36 Å². The van der Waals surface area contributed by atoms with Crippen molar-refractivity contribution >= 4 is 20.2 Å². The molecule has 2 aliphatic heterocycles. The second-order valence-electron chi connectivity index (χ2n) is 6.32. The molecule has 0 saturated carbocycles. The van der Waals surface area contributed by atoms with Crippen LogP contribution in [0.1, 0.15) is 0 Å². The highest BCUT2D eigenvalue weighted by atomic mass is 32.2. The summed E-state index contributed by atoms with van der Waals surface area (Å²) in [4.78, 5) is -0.623. The Bertz CT molecular complexity index is 925. The number of benzene rings is 1. The zero-order valence-corrected chi connectivity index (χ0v) is 16.8. The highest BCUT2D eigenvalue weighted by Gasteiger charge is 2.39. The number of ether oxygens (including phenoxy) is 2. The summed E-state index contributed by atoms with van der Waals surface area (Å²) in [5, 5.41) is 0. The lowest BCUT2D eigenvalue weighted by Gasteiger charge is -2.37. The molecule has 0 bridgehead atoms. The van der Waals surface area contributed by atoms with E-state index in [2.05, 4.69) is 4.74 Å². The minimum atomic E-state index is -5.05. The first-order valence-corrected chi connectivity index (χ1v) is 11.5. The molecule has 0 aromatic heterocycles. The second-order valence-corrected chi connectivity index (χ2v) is 10.2. The summed E-state index contributed by atoms with van der Waals surface area (Å²) in [6.07, 6.45) is -5.05. The molecule has 1 aromatic rings. The number of halogens is 3. The summed E-state index contributed by atoms with van der Waals surface area (Å²) in [6, 6.07) is 4.45. The fraction of sp³-hybridized carbons (Fsp3) is 0.600. The van der Waals surface area contributed by atoms with E-state index in [4.69, 9.17) is 4.74 Å². The number of morpholine rings is 1. The Morgan fingerprint density at radius 1 is 0.828 bits per heavy atom. The van der Waals surface area contributed by atoms with Crippen molar-refractivity contribution < 1.29 is 39.5 Å². The molecule has 9 nitrogen and oxygen atoms in total. The molecule has 2 heterocycles. The lowest BCUT2D eigenvalue weighted by atomic mass is 10.3. The lowest BCUT2D eigenvalue weighted by Crippen LogP contribution is -2.55. The van der Waals surface area contributed by atoms with Crippen molar-refractivity contribution in [3.63, 3.8) is 0 Å². The molecular formula is C15H20F3N3O6S2. The molecule has 29 heavy (non-hydrogen) atoms. The minimum Gasteiger partial charge on any atom is -0.404 e. The summed E-state index contributed by atoms with van der Waals surface area (Å²) in [7, 11) is -8.06. The quantitative estimate of drug-likeness (QED) is 0.635. The first-order chi connectivity index (χ1) is 13.5. The van der Waals surface area contributed by atoms with Crippen LogP contribution >= 0.6 is 0 Å². The first-order valence-electron chi connectivity index (χ1n) is 8.70. The Labute approximate surface area is 166 Å². The minimum absolute atomic E-state index is 0.110. The monoisotopic (exact) mass is 459 g/mol. The molecule has 0 aliphatic carbocycles. The van der Waals surface area contributed by atoms with E-state index < -0.39 is 37.2 Å². The Balaban J connectivity index is 1.74. The maximum Gasteiger partial charge on any atom is 0.573 e. The fourth-order valence-corrected chi connectivity index (χ4v) is 6.19. The molecule has 2 saturated heterocycles. The zero-order chi connectivity index (χ0) is 21.3. The molecule has 2 fully saturated rings. The number of hydrogen-bond acceptors (Lipinski definition) is 6. The average Bonchev–Trinajstić information content (AvgIpc) is 2.68. The van der Waals surface area contributed by atoms with E-state index in [-0.39, 0.29) is 52.5 Å². The second kappa shape index (κ2) is 8.35. The molecule has 0 atom stereocenters. The van der Waals surface area contributed by atoms with Crippen molar-refractivity contribution in [3.8, 4) is 5.75 Å². The van der Waals surface area contributed by atoms with Crippen molar-refractivity contribution in [2.45, 2.75) is 11.3 Å². The van der Waals surface area contributed by atoms with Crippen LogP contribution in [0.2, 0.25) is 0 Å². The Morgan fingerprint density at radius 2 is 1.34 bits per heavy atom. The number of sulfonamides is 1. The molecule has 0 radical (unpaired) electrons. The first kappa shape index (κ1) is 22.2. The number of alkyl halides is 3. The number of para-hydroxylation sites is 1. The van der Waals surface area contributed by atoms with Gasteiger partial charge in [0.15, 0.2) is 0 Å². The average molecular weight is 459 g/mol. The van der Waals surface area contributed by atoms with Gasteiger partial charge in [0.2, 0.25) is 10.0 Å². The van der Waals surface area contributed by atoms with E-state index in [0.717, 1.165) is 16.4 Å². The van der Waals surface area contributed by atoms with Crippen molar-refractivity contribution in [2.75, 3.05) is 52.5 Å². The largest absolute Gasteiger partial charge is 0.573 e. The fourth-order valence-electron chi connectivity index (χ4n) is 3.09. The predicted octanol–water partition coefficient (Wildman–Crippen LogP) is 0.468. The van der Waals surface area contributed by atoms with Gasteiger partial charge in [-0.3, -0.25) is 0 Å². The summed E-state index contributed by atoms with van der Waals surface area (Å²) in [6.45, 7) is 0.389. The van der Waals surface area contributed by atoms with Crippen molar-refractivity contribution in [1.29, 1.82) is 0 Å². The van der Waals surface area contributed by atoms with Crippen LogP contribution in [-0.4, -0.2) is 88.6 Å². The Hall–Kier alpha value is -1.45. The topological polar surface area (TPSA) is 96.5 Å². The van der Waals surface area contributed by atoms with Gasteiger partial charge in [0.1, 0.15) is 10.6 Å². The highest BCUT2D eigenvalue weighted by molar-refractivity contribution is 7.89. The third-order valence-corrected chi connectivity index (χ3v) is 8.49. The number of piperazine rings is 1. The number of hydrogen-bond donors (Lipinski definition) is 0. The summed E-state index contributed by atoms with van der Waals surface area (Å²) in [5.74, 6) is -0.830. The normalized spacial score (nSPS) is 21.2. The van der Waals surface area contributed by atoms with Gasteiger partial charge in [-0.2, -0.15) is 21.3 Å². The van der Waals surface area contributed by atoms with Gasteiger partial charge in [0, 0.05) is 39.3 Å². The Kier molecular flexibility index (Phi) is 6.41. The summed E-state index contributed by atoms with van der Waals surface area (Å²) in [5.41, 5.74) is 0. The maximum absolute atomic E-state index is 12.8. The number of rotatable bonds is 5. The summed E-state index contributed by atoms with van der Waals surface area (Å²) < 4.78 is 101. The van der Waals surface area contributed by atoms with Crippen LogP contribution in [0.15, 0.2) is 29.2 Å². The van der Waals surface area contributed by atoms with Crippen molar-refractivity contribution in [3.05, 3.63) is 24.3 Å². The molecule has 0 spiro atoms. The van der Waals surface area contributed by atoms with E-state index in [9.17, 15) is 30.0 Å². The van der Waals surface area contributed by atoms with Gasteiger partial charge in [0.25, 0.3) is 10.2 Å². The van der Waals surface area contributed by atoms with E-state index in [1.54, 1.807) is 0 Å². The van der Waals surface area contributed by atoms with Gasteiger partial charge in [-0.15, -0.1) is 13.2 Å². The van der Waals surface area contributed by atoms with Crippen LogP contribution in [0, 0.1) is 0 Å². The SMILES string of the molecule is O=S(=O)(c1ccccc1OC(F)(F)F)N1CCN(S(=O)(=O)N2CCOCC2)CC1. The molecule has 2 aliphatic rings. The molecule has 14 heteroatoms. The van der Waals surface area contributed by atoms with E-state index in [1.807, 2.05) is 0 Å². The molecule has 1 aromatic carbocycles. The van der Waals surface area contributed by atoms with Gasteiger partial charge in [-0.1, -0.05) is 12.1 Å². The molecule has 3 rings (SSSR count). The van der Waals surface area contributed by atoms with E-state index in [1.165, 1.54) is 20.7 Å². The smallest absolute Gasteiger partial charge is 0.404 e. The van der Waals surface area contributed by atoms with E-state index in [0.29, 0.717) is 0 Å². The molecular weight excluding hydrogens is 439 g/mol. The Morgan fingerprint density at radius 3 is 1.93 bits per heavy atom. The molecule has 0 N–H and O–H groups in total.